The first-order valence-corrected chi connectivity index (χ1v) is 11.0. The van der Waals surface area contributed by atoms with Gasteiger partial charge in [0.2, 0.25) is 0 Å². The van der Waals surface area contributed by atoms with Crippen molar-refractivity contribution in [3.63, 3.8) is 0 Å². The summed E-state index contributed by atoms with van der Waals surface area (Å²) < 4.78 is 16.3. The minimum atomic E-state index is 0.265. The van der Waals surface area contributed by atoms with Gasteiger partial charge in [0.1, 0.15) is 10.8 Å². The molecule has 158 valence electrons. The highest BCUT2D eigenvalue weighted by atomic mass is 32.1. The summed E-state index contributed by atoms with van der Waals surface area (Å²) in [6.45, 7) is 6.50. The van der Waals surface area contributed by atoms with Gasteiger partial charge in [0.15, 0.2) is 5.96 Å². The Balaban J connectivity index is 1.45. The van der Waals surface area contributed by atoms with Crippen molar-refractivity contribution in [3.05, 3.63) is 35.3 Å². The Kier molecular flexibility index (Phi) is 8.73. The van der Waals surface area contributed by atoms with Gasteiger partial charge in [-0.3, -0.25) is 0 Å². The van der Waals surface area contributed by atoms with E-state index in [4.69, 9.17) is 19.2 Å². The predicted octanol–water partition coefficient (Wildman–Crippen LogP) is 3.07. The van der Waals surface area contributed by atoms with Crippen molar-refractivity contribution in [3.8, 4) is 16.3 Å². The van der Waals surface area contributed by atoms with Gasteiger partial charge in [-0.15, -0.1) is 11.3 Å². The number of methoxy groups -OCH3 is 1. The van der Waals surface area contributed by atoms with Crippen molar-refractivity contribution in [2.24, 2.45) is 4.99 Å². The number of thiazole rings is 1. The Labute approximate surface area is 176 Å². The molecule has 2 aromatic rings. The summed E-state index contributed by atoms with van der Waals surface area (Å²) in [6.07, 6.45) is 2.20. The Morgan fingerprint density at radius 3 is 2.90 bits per heavy atom. The molecule has 1 aromatic carbocycles. The van der Waals surface area contributed by atoms with Crippen LogP contribution in [0.25, 0.3) is 10.6 Å². The van der Waals surface area contributed by atoms with Crippen molar-refractivity contribution in [1.29, 1.82) is 0 Å². The van der Waals surface area contributed by atoms with Gasteiger partial charge in [0.05, 0.1) is 32.1 Å². The number of ether oxygens (including phenoxy) is 3. The number of hydrogen-bond donors (Lipinski definition) is 2. The zero-order valence-electron chi connectivity index (χ0n) is 17.1. The first kappa shape index (κ1) is 21.5. The highest BCUT2D eigenvalue weighted by Crippen LogP contribution is 2.25. The molecule has 3 rings (SSSR count). The molecule has 0 spiro atoms. The summed E-state index contributed by atoms with van der Waals surface area (Å²) in [5.41, 5.74) is 2.05. The summed E-state index contributed by atoms with van der Waals surface area (Å²) in [5.74, 6) is 1.65. The predicted molar refractivity (Wildman–Crippen MR) is 117 cm³/mol. The molecule has 8 heteroatoms. The van der Waals surface area contributed by atoms with E-state index >= 15 is 0 Å². The molecule has 1 saturated heterocycles. The highest BCUT2D eigenvalue weighted by molar-refractivity contribution is 7.13. The van der Waals surface area contributed by atoms with Gasteiger partial charge in [0, 0.05) is 37.2 Å². The van der Waals surface area contributed by atoms with E-state index in [9.17, 15) is 0 Å². The SMILES string of the molecule is CCNC(=NCc1csc(-c2ccc(OC)cc2)n1)NCCCOC1CCOC1. The maximum absolute atomic E-state index is 5.79. The Morgan fingerprint density at radius 1 is 1.31 bits per heavy atom. The van der Waals surface area contributed by atoms with Gasteiger partial charge >= 0.3 is 0 Å². The maximum atomic E-state index is 5.79. The fraction of sp³-hybridized carbons (Fsp3) is 0.524. The highest BCUT2D eigenvalue weighted by Gasteiger charge is 2.15. The molecule has 0 aliphatic carbocycles. The van der Waals surface area contributed by atoms with E-state index in [1.165, 1.54) is 0 Å². The van der Waals surface area contributed by atoms with Crippen LogP contribution < -0.4 is 15.4 Å². The second-order valence-electron chi connectivity index (χ2n) is 6.70. The largest absolute Gasteiger partial charge is 0.497 e. The zero-order chi connectivity index (χ0) is 20.3. The number of nitrogens with zero attached hydrogens (tertiary/aromatic N) is 2. The van der Waals surface area contributed by atoms with E-state index in [2.05, 4.69) is 27.9 Å². The van der Waals surface area contributed by atoms with Gasteiger partial charge < -0.3 is 24.8 Å². The molecule has 1 atom stereocenters. The monoisotopic (exact) mass is 418 g/mol. The first-order valence-electron chi connectivity index (χ1n) is 10.1. The number of aliphatic imine (C=N–C) groups is 1. The molecule has 0 radical (unpaired) electrons. The van der Waals surface area contributed by atoms with Crippen LogP contribution in [0.5, 0.6) is 5.75 Å². The van der Waals surface area contributed by atoms with Crippen molar-refractivity contribution in [2.45, 2.75) is 32.4 Å². The Hall–Kier alpha value is -2.16. The molecule has 0 bridgehead atoms. The van der Waals surface area contributed by atoms with Crippen LogP contribution in [-0.2, 0) is 16.0 Å². The third-order valence-corrected chi connectivity index (χ3v) is 5.43. The second kappa shape index (κ2) is 11.7. The third kappa shape index (κ3) is 6.99. The van der Waals surface area contributed by atoms with Crippen LogP contribution in [0.15, 0.2) is 34.6 Å². The van der Waals surface area contributed by atoms with Crippen molar-refractivity contribution >= 4 is 17.3 Å². The van der Waals surface area contributed by atoms with E-state index < -0.39 is 0 Å². The minimum absolute atomic E-state index is 0.265. The molecule has 29 heavy (non-hydrogen) atoms. The molecule has 2 N–H and O–H groups in total. The molecule has 1 aliphatic heterocycles. The van der Waals surface area contributed by atoms with E-state index in [1.807, 2.05) is 24.3 Å². The Morgan fingerprint density at radius 2 is 2.17 bits per heavy atom. The number of rotatable bonds is 10. The number of nitrogens with one attached hydrogen (secondary N) is 2. The molecule has 0 amide bonds. The van der Waals surface area contributed by atoms with Crippen molar-refractivity contribution in [1.82, 2.24) is 15.6 Å². The topological polar surface area (TPSA) is 77.0 Å². The first-order chi connectivity index (χ1) is 14.3. The van der Waals surface area contributed by atoms with Gasteiger partial charge in [-0.05, 0) is 44.0 Å². The van der Waals surface area contributed by atoms with E-state index in [-0.39, 0.29) is 6.10 Å². The molecule has 7 nitrogen and oxygen atoms in total. The molecule has 0 saturated carbocycles. The van der Waals surface area contributed by atoms with E-state index in [0.29, 0.717) is 6.54 Å². The number of guanidine groups is 1. The lowest BCUT2D eigenvalue weighted by molar-refractivity contribution is 0.0420. The maximum Gasteiger partial charge on any atom is 0.191 e. The summed E-state index contributed by atoms with van der Waals surface area (Å²) in [5, 5.41) is 9.68. The molecule has 1 unspecified atom stereocenters. The Bertz CT molecular complexity index is 758. The normalized spacial score (nSPS) is 16.8. The summed E-state index contributed by atoms with van der Waals surface area (Å²) in [4.78, 5) is 9.36. The average Bonchev–Trinajstić information content (AvgIpc) is 3.44. The molecule has 1 aliphatic rings. The van der Waals surface area contributed by atoms with Crippen LogP contribution in [-0.4, -0.2) is 57.1 Å². The lowest BCUT2D eigenvalue weighted by atomic mass is 10.2. The molecule has 2 heterocycles. The van der Waals surface area contributed by atoms with Crippen LogP contribution in [0.1, 0.15) is 25.5 Å². The van der Waals surface area contributed by atoms with Crippen LogP contribution in [0.4, 0.5) is 0 Å². The fourth-order valence-electron chi connectivity index (χ4n) is 2.92. The van der Waals surface area contributed by atoms with Crippen molar-refractivity contribution in [2.75, 3.05) is 40.0 Å². The second-order valence-corrected chi connectivity index (χ2v) is 7.56. The van der Waals surface area contributed by atoms with E-state index in [1.54, 1.807) is 18.4 Å². The van der Waals surface area contributed by atoms with Gasteiger partial charge in [0.25, 0.3) is 0 Å². The summed E-state index contributed by atoms with van der Waals surface area (Å²) in [6, 6.07) is 7.95. The van der Waals surface area contributed by atoms with Gasteiger partial charge in [-0.25, -0.2) is 9.98 Å². The van der Waals surface area contributed by atoms with Crippen LogP contribution in [0, 0.1) is 0 Å². The lowest BCUT2D eigenvalue weighted by Gasteiger charge is -2.12. The zero-order valence-corrected chi connectivity index (χ0v) is 18.0. The lowest BCUT2D eigenvalue weighted by Crippen LogP contribution is -2.38. The van der Waals surface area contributed by atoms with E-state index in [0.717, 1.165) is 73.7 Å². The number of hydrogen-bond acceptors (Lipinski definition) is 6. The molecule has 1 aromatic heterocycles. The summed E-state index contributed by atoms with van der Waals surface area (Å²) in [7, 11) is 1.67. The van der Waals surface area contributed by atoms with Crippen LogP contribution in [0.2, 0.25) is 0 Å². The standard InChI is InChI=1S/C21H30N4O3S/c1-3-22-21(23-10-4-11-28-19-9-12-27-14-19)24-13-17-15-29-20(25-17)16-5-7-18(26-2)8-6-16/h5-8,15,19H,3-4,9-14H2,1-2H3,(H2,22,23,24). The molecular formula is C21H30N4O3S. The number of benzene rings is 1. The summed E-state index contributed by atoms with van der Waals surface area (Å²) >= 11 is 1.63. The van der Waals surface area contributed by atoms with Gasteiger partial charge in [-0.1, -0.05) is 0 Å². The molecular weight excluding hydrogens is 388 g/mol. The smallest absolute Gasteiger partial charge is 0.191 e. The van der Waals surface area contributed by atoms with Crippen LogP contribution in [0.3, 0.4) is 0 Å². The fourth-order valence-corrected chi connectivity index (χ4v) is 3.74. The third-order valence-electron chi connectivity index (χ3n) is 4.49. The quantitative estimate of drug-likeness (QED) is 0.351. The average molecular weight is 419 g/mol. The molecule has 1 fully saturated rings. The van der Waals surface area contributed by atoms with Crippen molar-refractivity contribution < 1.29 is 14.2 Å². The minimum Gasteiger partial charge on any atom is -0.497 e. The number of aromatic nitrogens is 1. The van der Waals surface area contributed by atoms with Gasteiger partial charge in [-0.2, -0.15) is 0 Å². The van der Waals surface area contributed by atoms with Crippen LogP contribution >= 0.6 is 11.3 Å².